The van der Waals surface area contributed by atoms with Crippen LogP contribution in [-0.2, 0) is 6.54 Å². The van der Waals surface area contributed by atoms with Gasteiger partial charge in [0.2, 0.25) is 0 Å². The number of rotatable bonds is 2. The SMILES string of the molecule is Nc1nn(Cc2cccc3ccccc23)c2cc(Br)cnc12. The summed E-state index contributed by atoms with van der Waals surface area (Å²) in [5, 5.41) is 6.90. The van der Waals surface area contributed by atoms with Crippen molar-refractivity contribution < 1.29 is 0 Å². The van der Waals surface area contributed by atoms with Crippen molar-refractivity contribution in [1.82, 2.24) is 14.8 Å². The van der Waals surface area contributed by atoms with Gasteiger partial charge in [0.15, 0.2) is 5.82 Å². The summed E-state index contributed by atoms with van der Waals surface area (Å²) in [5.41, 5.74) is 8.86. The van der Waals surface area contributed by atoms with Crippen molar-refractivity contribution in [2.45, 2.75) is 6.54 Å². The number of pyridine rings is 1. The van der Waals surface area contributed by atoms with Gasteiger partial charge in [-0.2, -0.15) is 5.10 Å². The lowest BCUT2D eigenvalue weighted by Crippen LogP contribution is -2.03. The Hall–Kier alpha value is -2.40. The van der Waals surface area contributed by atoms with Crippen molar-refractivity contribution in [2.24, 2.45) is 0 Å². The molecular weight excluding hydrogens is 340 g/mol. The van der Waals surface area contributed by atoms with Crippen LogP contribution in [0.5, 0.6) is 0 Å². The number of halogens is 1. The second-order valence-electron chi connectivity index (χ2n) is 5.20. The third-order valence-electron chi connectivity index (χ3n) is 3.78. The molecule has 0 bridgehead atoms. The van der Waals surface area contributed by atoms with Crippen LogP contribution in [-0.4, -0.2) is 14.8 Å². The molecule has 4 rings (SSSR count). The minimum Gasteiger partial charge on any atom is -0.380 e. The molecular formula is C17H13BrN4. The first kappa shape index (κ1) is 13.3. The Kier molecular flexibility index (Phi) is 3.08. The minimum absolute atomic E-state index is 0.461. The fourth-order valence-corrected chi connectivity index (χ4v) is 3.09. The number of benzene rings is 2. The molecule has 0 aliphatic heterocycles. The van der Waals surface area contributed by atoms with Gasteiger partial charge in [-0.3, -0.25) is 4.68 Å². The molecule has 0 saturated carbocycles. The third kappa shape index (κ3) is 2.14. The van der Waals surface area contributed by atoms with E-state index in [1.54, 1.807) is 6.20 Å². The molecule has 2 heterocycles. The van der Waals surface area contributed by atoms with Crippen LogP contribution in [0.25, 0.3) is 21.8 Å². The maximum absolute atomic E-state index is 5.98. The Morgan fingerprint density at radius 1 is 1.09 bits per heavy atom. The van der Waals surface area contributed by atoms with E-state index in [0.717, 1.165) is 15.5 Å². The monoisotopic (exact) mass is 352 g/mol. The lowest BCUT2D eigenvalue weighted by Gasteiger charge is -2.08. The van der Waals surface area contributed by atoms with Gasteiger partial charge in [0, 0.05) is 10.7 Å². The molecule has 0 aliphatic rings. The van der Waals surface area contributed by atoms with Crippen molar-refractivity contribution in [1.29, 1.82) is 0 Å². The number of hydrogen-bond acceptors (Lipinski definition) is 3. The molecule has 0 aliphatic carbocycles. The predicted octanol–water partition coefficient (Wildman–Crippen LogP) is 3.98. The van der Waals surface area contributed by atoms with Crippen molar-refractivity contribution in [3.05, 3.63) is 64.8 Å². The highest BCUT2D eigenvalue weighted by molar-refractivity contribution is 9.10. The fourth-order valence-electron chi connectivity index (χ4n) is 2.77. The average Bonchev–Trinajstić information content (AvgIpc) is 2.83. The number of nitrogens with two attached hydrogens (primary N) is 1. The molecule has 2 N–H and O–H groups in total. The van der Waals surface area contributed by atoms with Crippen molar-refractivity contribution in [3.8, 4) is 0 Å². The topological polar surface area (TPSA) is 56.7 Å². The van der Waals surface area contributed by atoms with Gasteiger partial charge in [0.25, 0.3) is 0 Å². The van der Waals surface area contributed by atoms with Crippen LogP contribution >= 0.6 is 15.9 Å². The second-order valence-corrected chi connectivity index (χ2v) is 6.12. The van der Waals surface area contributed by atoms with E-state index in [2.05, 4.69) is 68.5 Å². The molecule has 2 aromatic carbocycles. The smallest absolute Gasteiger partial charge is 0.172 e. The van der Waals surface area contributed by atoms with Gasteiger partial charge in [0.1, 0.15) is 5.52 Å². The zero-order valence-electron chi connectivity index (χ0n) is 11.7. The highest BCUT2D eigenvalue weighted by atomic mass is 79.9. The lowest BCUT2D eigenvalue weighted by molar-refractivity contribution is 0.719. The quantitative estimate of drug-likeness (QED) is 0.593. The maximum Gasteiger partial charge on any atom is 0.172 e. The fraction of sp³-hybridized carbons (Fsp3) is 0.0588. The van der Waals surface area contributed by atoms with Crippen LogP contribution < -0.4 is 5.73 Å². The number of nitrogens with zero attached hydrogens (tertiary/aromatic N) is 3. The van der Waals surface area contributed by atoms with Gasteiger partial charge in [-0.05, 0) is 38.3 Å². The number of anilines is 1. The summed E-state index contributed by atoms with van der Waals surface area (Å²) in [6, 6.07) is 16.7. The highest BCUT2D eigenvalue weighted by Gasteiger charge is 2.11. The molecule has 0 fully saturated rings. The van der Waals surface area contributed by atoms with E-state index in [4.69, 9.17) is 5.73 Å². The van der Waals surface area contributed by atoms with Gasteiger partial charge in [0.05, 0.1) is 12.1 Å². The Morgan fingerprint density at radius 2 is 1.91 bits per heavy atom. The van der Waals surface area contributed by atoms with Gasteiger partial charge in [-0.1, -0.05) is 42.5 Å². The van der Waals surface area contributed by atoms with Gasteiger partial charge in [-0.25, -0.2) is 4.98 Å². The summed E-state index contributed by atoms with van der Waals surface area (Å²) in [6.07, 6.45) is 1.74. The summed E-state index contributed by atoms with van der Waals surface area (Å²) in [7, 11) is 0. The van der Waals surface area contributed by atoms with E-state index in [0.29, 0.717) is 12.4 Å². The number of aromatic nitrogens is 3. The van der Waals surface area contributed by atoms with E-state index < -0.39 is 0 Å². The Bertz CT molecular complexity index is 985. The highest BCUT2D eigenvalue weighted by Crippen LogP contribution is 2.24. The zero-order valence-corrected chi connectivity index (χ0v) is 13.3. The van der Waals surface area contributed by atoms with Crippen LogP contribution in [0.2, 0.25) is 0 Å². The normalized spacial score (nSPS) is 11.3. The molecule has 2 aromatic heterocycles. The first-order valence-corrected chi connectivity index (χ1v) is 7.76. The summed E-state index contributed by atoms with van der Waals surface area (Å²) < 4.78 is 2.82. The molecule has 0 unspecified atom stereocenters. The predicted molar refractivity (Wildman–Crippen MR) is 92.7 cm³/mol. The maximum atomic E-state index is 5.98. The van der Waals surface area contributed by atoms with Crippen LogP contribution in [0.1, 0.15) is 5.56 Å². The number of fused-ring (bicyclic) bond motifs is 2. The van der Waals surface area contributed by atoms with Crippen molar-refractivity contribution >= 4 is 43.6 Å². The molecule has 4 aromatic rings. The number of nitrogen functional groups attached to an aromatic ring is 1. The Labute approximate surface area is 135 Å². The molecule has 108 valence electrons. The van der Waals surface area contributed by atoms with Crippen LogP contribution in [0.3, 0.4) is 0 Å². The molecule has 5 heteroatoms. The van der Waals surface area contributed by atoms with E-state index in [9.17, 15) is 0 Å². The summed E-state index contributed by atoms with van der Waals surface area (Å²) in [6.45, 7) is 0.660. The van der Waals surface area contributed by atoms with E-state index in [-0.39, 0.29) is 0 Å². The van der Waals surface area contributed by atoms with Crippen LogP contribution in [0, 0.1) is 0 Å². The molecule has 22 heavy (non-hydrogen) atoms. The van der Waals surface area contributed by atoms with E-state index in [1.807, 2.05) is 10.7 Å². The minimum atomic E-state index is 0.461. The summed E-state index contributed by atoms with van der Waals surface area (Å²) >= 11 is 3.46. The summed E-state index contributed by atoms with van der Waals surface area (Å²) in [4.78, 5) is 4.35. The second kappa shape index (κ2) is 5.10. The first-order chi connectivity index (χ1) is 10.7. The first-order valence-electron chi connectivity index (χ1n) is 6.96. The standard InChI is InChI=1S/C17H13BrN4/c18-13-8-15-16(20-9-13)17(19)21-22(15)10-12-6-3-5-11-4-1-2-7-14(11)12/h1-9H,10H2,(H2,19,21). The lowest BCUT2D eigenvalue weighted by atomic mass is 10.0. The van der Waals surface area contributed by atoms with Crippen LogP contribution in [0.4, 0.5) is 5.82 Å². The Balaban J connectivity index is 1.88. The van der Waals surface area contributed by atoms with E-state index >= 15 is 0 Å². The largest absolute Gasteiger partial charge is 0.380 e. The average molecular weight is 353 g/mol. The molecule has 0 atom stereocenters. The van der Waals surface area contributed by atoms with Gasteiger partial charge in [-0.15, -0.1) is 0 Å². The molecule has 0 radical (unpaired) electrons. The Morgan fingerprint density at radius 3 is 2.82 bits per heavy atom. The summed E-state index contributed by atoms with van der Waals surface area (Å²) in [5.74, 6) is 0.461. The van der Waals surface area contributed by atoms with Crippen molar-refractivity contribution in [3.63, 3.8) is 0 Å². The molecule has 4 nitrogen and oxygen atoms in total. The van der Waals surface area contributed by atoms with Gasteiger partial charge < -0.3 is 5.73 Å². The number of hydrogen-bond donors (Lipinski definition) is 1. The molecule has 0 saturated heterocycles. The molecule has 0 spiro atoms. The van der Waals surface area contributed by atoms with E-state index in [1.165, 1.54) is 16.3 Å². The van der Waals surface area contributed by atoms with Crippen LogP contribution in [0.15, 0.2) is 59.2 Å². The zero-order chi connectivity index (χ0) is 15.1. The van der Waals surface area contributed by atoms with Gasteiger partial charge >= 0.3 is 0 Å². The molecule has 0 amide bonds. The van der Waals surface area contributed by atoms with Crippen molar-refractivity contribution in [2.75, 3.05) is 5.73 Å². The third-order valence-corrected chi connectivity index (χ3v) is 4.22.